The molecule has 0 unspecified atom stereocenters. The van der Waals surface area contributed by atoms with Crippen LogP contribution in [0.5, 0.6) is 0 Å². The number of amides is 1. The lowest BCUT2D eigenvalue weighted by Crippen LogP contribution is -2.28. The van der Waals surface area contributed by atoms with Crippen molar-refractivity contribution in [3.8, 4) is 0 Å². The third-order valence-corrected chi connectivity index (χ3v) is 2.99. The zero-order valence-electron chi connectivity index (χ0n) is 7.82. The first-order valence-corrected chi connectivity index (χ1v) is 5.39. The Hall–Kier alpha value is -1.63. The SMILES string of the molecule is CC(=O)NS(=O)(=O)c1ccc(N)cc1F. The summed E-state index contributed by atoms with van der Waals surface area (Å²) in [5, 5.41) is 0. The molecule has 3 N–H and O–H groups in total. The Morgan fingerprint density at radius 3 is 2.53 bits per heavy atom. The van der Waals surface area contributed by atoms with E-state index in [2.05, 4.69) is 0 Å². The first-order chi connectivity index (χ1) is 6.83. The van der Waals surface area contributed by atoms with Crippen LogP contribution in [-0.4, -0.2) is 14.3 Å². The van der Waals surface area contributed by atoms with Crippen molar-refractivity contribution in [3.05, 3.63) is 24.0 Å². The Morgan fingerprint density at radius 1 is 1.47 bits per heavy atom. The highest BCUT2D eigenvalue weighted by atomic mass is 32.2. The zero-order valence-corrected chi connectivity index (χ0v) is 8.64. The molecule has 1 aromatic rings. The van der Waals surface area contributed by atoms with E-state index in [1.54, 1.807) is 4.72 Å². The molecule has 0 saturated carbocycles. The molecular formula is C8H9FN2O3S. The summed E-state index contributed by atoms with van der Waals surface area (Å²) in [6, 6.07) is 3.10. The highest BCUT2D eigenvalue weighted by Gasteiger charge is 2.19. The summed E-state index contributed by atoms with van der Waals surface area (Å²) >= 11 is 0. The van der Waals surface area contributed by atoms with E-state index in [0.29, 0.717) is 0 Å². The first kappa shape index (κ1) is 11.4. The van der Waals surface area contributed by atoms with Gasteiger partial charge in [0, 0.05) is 12.6 Å². The van der Waals surface area contributed by atoms with Crippen LogP contribution >= 0.6 is 0 Å². The van der Waals surface area contributed by atoms with Crippen LogP contribution in [0.25, 0.3) is 0 Å². The van der Waals surface area contributed by atoms with Crippen molar-refractivity contribution < 1.29 is 17.6 Å². The van der Waals surface area contributed by atoms with Gasteiger partial charge in [0.15, 0.2) is 0 Å². The van der Waals surface area contributed by atoms with Crippen molar-refractivity contribution in [1.82, 2.24) is 4.72 Å². The molecule has 0 heterocycles. The zero-order chi connectivity index (χ0) is 11.6. The van der Waals surface area contributed by atoms with Gasteiger partial charge in [-0.1, -0.05) is 0 Å². The highest BCUT2D eigenvalue weighted by molar-refractivity contribution is 7.90. The van der Waals surface area contributed by atoms with Crippen molar-refractivity contribution in [2.24, 2.45) is 0 Å². The van der Waals surface area contributed by atoms with E-state index < -0.39 is 26.6 Å². The number of hydrogen-bond donors (Lipinski definition) is 2. The molecule has 15 heavy (non-hydrogen) atoms. The molecule has 0 spiro atoms. The van der Waals surface area contributed by atoms with Crippen molar-refractivity contribution in [1.29, 1.82) is 0 Å². The summed E-state index contributed by atoms with van der Waals surface area (Å²) in [4.78, 5) is 9.97. The van der Waals surface area contributed by atoms with E-state index in [9.17, 15) is 17.6 Å². The topological polar surface area (TPSA) is 89.3 Å². The number of nitrogens with one attached hydrogen (secondary N) is 1. The maximum Gasteiger partial charge on any atom is 0.266 e. The molecule has 0 bridgehead atoms. The summed E-state index contributed by atoms with van der Waals surface area (Å²) < 4.78 is 37.6. The number of halogens is 1. The number of carbonyl (C=O) groups excluding carboxylic acids is 1. The minimum atomic E-state index is -4.14. The molecule has 0 atom stereocenters. The summed E-state index contributed by atoms with van der Waals surface area (Å²) in [6.45, 7) is 1.02. The lowest BCUT2D eigenvalue weighted by Gasteiger charge is -2.05. The second-order valence-corrected chi connectivity index (χ2v) is 4.50. The average molecular weight is 232 g/mol. The molecule has 0 aliphatic rings. The van der Waals surface area contributed by atoms with E-state index in [4.69, 9.17) is 5.73 Å². The van der Waals surface area contributed by atoms with E-state index in [1.165, 1.54) is 6.07 Å². The fourth-order valence-electron chi connectivity index (χ4n) is 0.979. The number of carbonyl (C=O) groups is 1. The number of sulfonamides is 1. The molecule has 1 aromatic carbocycles. The first-order valence-electron chi connectivity index (χ1n) is 3.91. The third kappa shape index (κ3) is 2.66. The molecule has 0 aliphatic carbocycles. The van der Waals surface area contributed by atoms with Gasteiger partial charge in [0.25, 0.3) is 10.0 Å². The van der Waals surface area contributed by atoms with E-state index in [-0.39, 0.29) is 5.69 Å². The molecule has 1 amide bonds. The Bertz CT molecular complexity index is 499. The van der Waals surface area contributed by atoms with Crippen molar-refractivity contribution >= 4 is 21.6 Å². The molecule has 0 aliphatic heterocycles. The molecule has 5 nitrogen and oxygen atoms in total. The average Bonchev–Trinajstić information content (AvgIpc) is 1.99. The second-order valence-electron chi connectivity index (χ2n) is 2.85. The van der Waals surface area contributed by atoms with Gasteiger partial charge in [-0.05, 0) is 18.2 Å². The molecule has 0 fully saturated rings. The Morgan fingerprint density at radius 2 is 2.07 bits per heavy atom. The summed E-state index contributed by atoms with van der Waals surface area (Å²) in [5.74, 6) is -1.78. The number of rotatable bonds is 2. The van der Waals surface area contributed by atoms with Gasteiger partial charge in [-0.15, -0.1) is 0 Å². The van der Waals surface area contributed by atoms with Gasteiger partial charge in [0.05, 0.1) is 0 Å². The van der Waals surface area contributed by atoms with Crippen LogP contribution in [0.15, 0.2) is 23.1 Å². The lowest BCUT2D eigenvalue weighted by molar-refractivity contribution is -0.117. The minimum absolute atomic E-state index is 0.106. The van der Waals surface area contributed by atoms with Gasteiger partial charge < -0.3 is 5.73 Å². The van der Waals surface area contributed by atoms with Crippen molar-refractivity contribution in [2.45, 2.75) is 11.8 Å². The fraction of sp³-hybridized carbons (Fsp3) is 0.125. The van der Waals surface area contributed by atoms with Crippen LogP contribution in [0.1, 0.15) is 6.92 Å². The van der Waals surface area contributed by atoms with Crippen LogP contribution in [0, 0.1) is 5.82 Å². The molecule has 0 saturated heterocycles. The van der Waals surface area contributed by atoms with Gasteiger partial charge in [-0.2, -0.15) is 0 Å². The number of benzene rings is 1. The van der Waals surface area contributed by atoms with E-state index in [0.717, 1.165) is 19.1 Å². The maximum atomic E-state index is 13.2. The monoisotopic (exact) mass is 232 g/mol. The Labute approximate surface area is 86.1 Å². The van der Waals surface area contributed by atoms with Crippen LogP contribution < -0.4 is 10.5 Å². The van der Waals surface area contributed by atoms with Crippen LogP contribution in [0.3, 0.4) is 0 Å². The molecule has 7 heteroatoms. The molecule has 82 valence electrons. The van der Waals surface area contributed by atoms with Crippen LogP contribution in [0.2, 0.25) is 0 Å². The maximum absolute atomic E-state index is 13.2. The smallest absolute Gasteiger partial charge is 0.266 e. The second kappa shape index (κ2) is 3.85. The van der Waals surface area contributed by atoms with Gasteiger partial charge in [-0.3, -0.25) is 4.79 Å². The van der Waals surface area contributed by atoms with Crippen LogP contribution in [0.4, 0.5) is 10.1 Å². The summed E-state index contributed by atoms with van der Waals surface area (Å²) in [7, 11) is -4.14. The predicted molar refractivity (Wildman–Crippen MR) is 51.8 cm³/mol. The standard InChI is InChI=1S/C8H9FN2O3S/c1-5(12)11-15(13,14)8-3-2-6(10)4-7(8)9/h2-4H,10H2,1H3,(H,11,12). The largest absolute Gasteiger partial charge is 0.399 e. The summed E-state index contributed by atoms with van der Waals surface area (Å²) in [6.07, 6.45) is 0. The third-order valence-electron chi connectivity index (χ3n) is 1.52. The van der Waals surface area contributed by atoms with Gasteiger partial charge in [0.1, 0.15) is 10.7 Å². The minimum Gasteiger partial charge on any atom is -0.399 e. The lowest BCUT2D eigenvalue weighted by atomic mass is 10.3. The van der Waals surface area contributed by atoms with Gasteiger partial charge in [-0.25, -0.2) is 17.5 Å². The van der Waals surface area contributed by atoms with Crippen molar-refractivity contribution in [3.63, 3.8) is 0 Å². The number of nitrogen functional groups attached to an aromatic ring is 1. The molecule has 0 radical (unpaired) electrons. The molecular weight excluding hydrogens is 223 g/mol. The summed E-state index contributed by atoms with van der Waals surface area (Å²) in [5.41, 5.74) is 5.36. The quantitative estimate of drug-likeness (QED) is 0.714. The highest BCUT2D eigenvalue weighted by Crippen LogP contribution is 2.16. The number of anilines is 1. The number of nitrogens with two attached hydrogens (primary N) is 1. The molecule has 0 aromatic heterocycles. The number of hydrogen-bond acceptors (Lipinski definition) is 4. The van der Waals surface area contributed by atoms with Crippen molar-refractivity contribution in [2.75, 3.05) is 5.73 Å². The predicted octanol–water partition coefficient (Wildman–Crippen LogP) is 0.233. The Kier molecular flexibility index (Phi) is 2.94. The fourth-order valence-corrected chi connectivity index (χ4v) is 2.03. The van der Waals surface area contributed by atoms with Gasteiger partial charge in [0.2, 0.25) is 5.91 Å². The molecule has 1 rings (SSSR count). The van der Waals surface area contributed by atoms with E-state index in [1.807, 2.05) is 0 Å². The Balaban J connectivity index is 3.22. The normalized spacial score (nSPS) is 11.1. The van der Waals surface area contributed by atoms with Gasteiger partial charge >= 0.3 is 0 Å². The van der Waals surface area contributed by atoms with E-state index >= 15 is 0 Å². The van der Waals surface area contributed by atoms with Crippen LogP contribution in [-0.2, 0) is 14.8 Å².